The van der Waals surface area contributed by atoms with Crippen molar-refractivity contribution in [3.8, 4) is 11.5 Å². The van der Waals surface area contributed by atoms with Crippen molar-refractivity contribution < 1.29 is 23.5 Å². The Morgan fingerprint density at radius 1 is 1.03 bits per heavy atom. The van der Waals surface area contributed by atoms with E-state index in [0.29, 0.717) is 17.1 Å². The monoisotopic (exact) mass is 561 g/mol. The molecule has 1 aliphatic rings. The Kier molecular flexibility index (Phi) is 7.92. The Morgan fingerprint density at radius 3 is 2.59 bits per heavy atom. The molecule has 0 spiro atoms. The van der Waals surface area contributed by atoms with Gasteiger partial charge in [-0.05, 0) is 60.3 Å². The Balaban J connectivity index is 1.48. The number of para-hydroxylation sites is 1. The molecular formula is C25H18BrClFNO4S. The topological polar surface area (TPSA) is 55.8 Å². The lowest BCUT2D eigenvalue weighted by Gasteiger charge is -2.13. The average Bonchev–Trinajstić information content (AvgIpc) is 3.08. The van der Waals surface area contributed by atoms with Crippen LogP contribution in [0.4, 0.5) is 9.18 Å². The van der Waals surface area contributed by atoms with Crippen LogP contribution in [-0.4, -0.2) is 29.2 Å². The van der Waals surface area contributed by atoms with E-state index in [1.807, 2.05) is 18.2 Å². The van der Waals surface area contributed by atoms with Crippen LogP contribution in [0.5, 0.6) is 11.5 Å². The van der Waals surface area contributed by atoms with Crippen LogP contribution in [0, 0.1) is 5.82 Å². The summed E-state index contributed by atoms with van der Waals surface area (Å²) < 4.78 is 26.3. The van der Waals surface area contributed by atoms with Crippen molar-refractivity contribution in [1.29, 1.82) is 0 Å². The number of halogens is 3. The highest BCUT2D eigenvalue weighted by Gasteiger charge is 2.35. The standard InChI is InChI=1S/C25H18BrClFNO4S/c26-17-9-10-22(33-15-19-20(27)7-4-8-21(19)28)16(13-17)14-23-24(30)29(25(31)34-23)11-12-32-18-5-2-1-3-6-18/h1-10,13-14H,11-12,15H2/b23-14-. The summed E-state index contributed by atoms with van der Waals surface area (Å²) in [5.74, 6) is 0.206. The number of carbonyl (C=O) groups excluding carboxylic acids is 2. The number of hydrogen-bond acceptors (Lipinski definition) is 5. The molecule has 1 aliphatic heterocycles. The fraction of sp³-hybridized carbons (Fsp3) is 0.120. The van der Waals surface area contributed by atoms with E-state index in [9.17, 15) is 14.0 Å². The summed E-state index contributed by atoms with van der Waals surface area (Å²) in [5.41, 5.74) is 0.796. The van der Waals surface area contributed by atoms with E-state index < -0.39 is 11.7 Å². The zero-order valence-corrected chi connectivity index (χ0v) is 20.8. The summed E-state index contributed by atoms with van der Waals surface area (Å²) >= 11 is 10.3. The molecule has 5 nitrogen and oxygen atoms in total. The molecule has 34 heavy (non-hydrogen) atoms. The molecule has 0 atom stereocenters. The largest absolute Gasteiger partial charge is 0.492 e. The van der Waals surface area contributed by atoms with E-state index in [1.54, 1.807) is 42.5 Å². The van der Waals surface area contributed by atoms with Gasteiger partial charge in [-0.1, -0.05) is 51.8 Å². The maximum Gasteiger partial charge on any atom is 0.293 e. The van der Waals surface area contributed by atoms with Gasteiger partial charge in [-0.15, -0.1) is 0 Å². The van der Waals surface area contributed by atoms with E-state index in [1.165, 1.54) is 12.1 Å². The van der Waals surface area contributed by atoms with Gasteiger partial charge in [-0.3, -0.25) is 14.5 Å². The molecule has 0 saturated carbocycles. The number of hydrogen-bond donors (Lipinski definition) is 0. The van der Waals surface area contributed by atoms with Crippen LogP contribution in [0.2, 0.25) is 5.02 Å². The van der Waals surface area contributed by atoms with Crippen molar-refractivity contribution >= 4 is 56.5 Å². The quantitative estimate of drug-likeness (QED) is 0.279. The molecule has 3 aromatic carbocycles. The highest BCUT2D eigenvalue weighted by Crippen LogP contribution is 2.35. The fourth-order valence-electron chi connectivity index (χ4n) is 3.19. The molecule has 1 saturated heterocycles. The van der Waals surface area contributed by atoms with Crippen molar-refractivity contribution in [1.82, 2.24) is 4.90 Å². The summed E-state index contributed by atoms with van der Waals surface area (Å²) in [4.78, 5) is 26.7. The predicted molar refractivity (Wildman–Crippen MR) is 134 cm³/mol. The molecule has 0 radical (unpaired) electrons. The number of amides is 2. The van der Waals surface area contributed by atoms with Crippen LogP contribution in [0.1, 0.15) is 11.1 Å². The predicted octanol–water partition coefficient (Wildman–Crippen LogP) is 6.94. The van der Waals surface area contributed by atoms with Crippen LogP contribution in [0.15, 0.2) is 76.1 Å². The first-order valence-electron chi connectivity index (χ1n) is 10.2. The zero-order chi connectivity index (χ0) is 24.1. The van der Waals surface area contributed by atoms with E-state index in [-0.39, 0.29) is 40.5 Å². The van der Waals surface area contributed by atoms with E-state index in [0.717, 1.165) is 21.1 Å². The van der Waals surface area contributed by atoms with Gasteiger partial charge in [0.25, 0.3) is 11.1 Å². The van der Waals surface area contributed by atoms with Gasteiger partial charge in [-0.2, -0.15) is 0 Å². The lowest BCUT2D eigenvalue weighted by Crippen LogP contribution is -2.32. The van der Waals surface area contributed by atoms with Crippen LogP contribution in [-0.2, 0) is 11.4 Å². The fourth-order valence-corrected chi connectivity index (χ4v) is 4.64. The van der Waals surface area contributed by atoms with E-state index in [2.05, 4.69) is 15.9 Å². The van der Waals surface area contributed by atoms with Crippen LogP contribution in [0.3, 0.4) is 0 Å². The minimum Gasteiger partial charge on any atom is -0.492 e. The number of thioether (sulfide) groups is 1. The molecule has 9 heteroatoms. The summed E-state index contributed by atoms with van der Waals surface area (Å²) in [7, 11) is 0. The number of nitrogens with zero attached hydrogens (tertiary/aromatic N) is 1. The average molecular weight is 563 g/mol. The Hall–Kier alpha value is -2.81. The summed E-state index contributed by atoms with van der Waals surface area (Å²) in [6.07, 6.45) is 1.59. The Labute approximate surface area is 213 Å². The first kappa shape index (κ1) is 24.3. The lowest BCUT2D eigenvalue weighted by atomic mass is 10.1. The Morgan fingerprint density at radius 2 is 1.82 bits per heavy atom. The second kappa shape index (κ2) is 11.1. The third kappa shape index (κ3) is 5.81. The number of benzene rings is 3. The number of rotatable bonds is 8. The molecule has 0 unspecified atom stereocenters. The van der Waals surface area contributed by atoms with Crippen molar-refractivity contribution in [3.05, 3.63) is 98.1 Å². The molecule has 1 fully saturated rings. The van der Waals surface area contributed by atoms with Gasteiger partial charge in [0.15, 0.2) is 0 Å². The van der Waals surface area contributed by atoms with Gasteiger partial charge in [0.05, 0.1) is 16.5 Å². The maximum atomic E-state index is 14.1. The molecule has 3 aromatic rings. The second-order valence-electron chi connectivity index (χ2n) is 7.17. The SMILES string of the molecule is O=C1S/C(=C\c2cc(Br)ccc2OCc2c(F)cccc2Cl)C(=O)N1CCOc1ccccc1. The molecule has 0 bridgehead atoms. The van der Waals surface area contributed by atoms with Crippen molar-refractivity contribution in [2.45, 2.75) is 6.61 Å². The second-order valence-corrected chi connectivity index (χ2v) is 9.48. The maximum absolute atomic E-state index is 14.1. The number of ether oxygens (including phenoxy) is 2. The van der Waals surface area contributed by atoms with Crippen LogP contribution < -0.4 is 9.47 Å². The minimum absolute atomic E-state index is 0.0910. The van der Waals surface area contributed by atoms with Gasteiger partial charge in [0.1, 0.15) is 30.5 Å². The van der Waals surface area contributed by atoms with Crippen molar-refractivity contribution in [2.24, 2.45) is 0 Å². The third-order valence-electron chi connectivity index (χ3n) is 4.89. The zero-order valence-electron chi connectivity index (χ0n) is 17.7. The molecule has 0 aromatic heterocycles. The van der Waals surface area contributed by atoms with Crippen molar-refractivity contribution in [3.63, 3.8) is 0 Å². The van der Waals surface area contributed by atoms with Crippen LogP contribution >= 0.6 is 39.3 Å². The lowest BCUT2D eigenvalue weighted by molar-refractivity contribution is -0.123. The van der Waals surface area contributed by atoms with E-state index >= 15 is 0 Å². The summed E-state index contributed by atoms with van der Waals surface area (Å²) in [6.45, 7) is 0.223. The molecule has 174 valence electrons. The van der Waals surface area contributed by atoms with E-state index in [4.69, 9.17) is 21.1 Å². The molecule has 1 heterocycles. The van der Waals surface area contributed by atoms with Gasteiger partial charge < -0.3 is 9.47 Å². The number of carbonyl (C=O) groups is 2. The first-order valence-corrected chi connectivity index (χ1v) is 12.2. The van der Waals surface area contributed by atoms with Crippen LogP contribution in [0.25, 0.3) is 6.08 Å². The summed E-state index contributed by atoms with van der Waals surface area (Å²) in [6, 6.07) is 18.8. The summed E-state index contributed by atoms with van der Waals surface area (Å²) in [5, 5.41) is -0.110. The molecule has 0 N–H and O–H groups in total. The van der Waals surface area contributed by atoms with Crippen molar-refractivity contribution in [2.75, 3.05) is 13.2 Å². The highest BCUT2D eigenvalue weighted by molar-refractivity contribution is 9.10. The molecule has 0 aliphatic carbocycles. The molecule has 4 rings (SSSR count). The highest BCUT2D eigenvalue weighted by atomic mass is 79.9. The van der Waals surface area contributed by atoms with Gasteiger partial charge in [0, 0.05) is 15.6 Å². The minimum atomic E-state index is -0.468. The normalized spacial score (nSPS) is 14.7. The van der Waals surface area contributed by atoms with Gasteiger partial charge >= 0.3 is 0 Å². The van der Waals surface area contributed by atoms with Gasteiger partial charge in [0.2, 0.25) is 0 Å². The molecule has 2 amide bonds. The van der Waals surface area contributed by atoms with Gasteiger partial charge in [-0.25, -0.2) is 4.39 Å². The third-order valence-corrected chi connectivity index (χ3v) is 6.65. The first-order chi connectivity index (χ1) is 16.4. The molecular weight excluding hydrogens is 545 g/mol. The Bertz CT molecular complexity index is 1230. The number of imide groups is 1. The smallest absolute Gasteiger partial charge is 0.293 e.